The molecule has 0 bridgehead atoms. The van der Waals surface area contributed by atoms with Gasteiger partial charge in [-0.3, -0.25) is 9.59 Å². The van der Waals surface area contributed by atoms with Crippen LogP contribution in [0.2, 0.25) is 0 Å². The van der Waals surface area contributed by atoms with Crippen molar-refractivity contribution in [3.05, 3.63) is 24.3 Å². The molecule has 1 aliphatic rings. The topological polar surface area (TPSA) is 58.2 Å². The molecule has 2 N–H and O–H groups in total. The Morgan fingerprint density at radius 3 is 3.00 bits per heavy atom. The standard InChI is InChI=1S/C11H12N2O2S/c1-7(14)12-9-6-16-10-5-3-2-4-8(10)13-11(9)15/h2-5,9H,6H2,1H3,(H,12,14)(H,13,15). The van der Waals surface area contributed by atoms with Crippen LogP contribution in [0, 0.1) is 0 Å². The molecule has 4 nitrogen and oxygen atoms in total. The summed E-state index contributed by atoms with van der Waals surface area (Å²) in [6, 6.07) is 7.15. The fourth-order valence-corrected chi connectivity index (χ4v) is 2.55. The summed E-state index contributed by atoms with van der Waals surface area (Å²) >= 11 is 1.57. The largest absolute Gasteiger partial charge is 0.344 e. The van der Waals surface area contributed by atoms with Crippen molar-refractivity contribution in [1.82, 2.24) is 5.32 Å². The Hall–Kier alpha value is -1.49. The number of fused-ring (bicyclic) bond motifs is 1. The molecule has 1 heterocycles. The average Bonchev–Trinajstić information content (AvgIpc) is 2.39. The summed E-state index contributed by atoms with van der Waals surface area (Å²) in [4.78, 5) is 23.7. The number of para-hydroxylation sites is 1. The molecule has 0 radical (unpaired) electrons. The van der Waals surface area contributed by atoms with Crippen LogP contribution in [0.4, 0.5) is 5.69 Å². The van der Waals surface area contributed by atoms with Gasteiger partial charge in [0, 0.05) is 17.6 Å². The van der Waals surface area contributed by atoms with Gasteiger partial charge in [-0.25, -0.2) is 0 Å². The van der Waals surface area contributed by atoms with Crippen molar-refractivity contribution in [3.8, 4) is 0 Å². The normalized spacial score (nSPS) is 19.3. The number of hydrogen-bond acceptors (Lipinski definition) is 3. The van der Waals surface area contributed by atoms with E-state index in [-0.39, 0.29) is 11.8 Å². The second-order valence-electron chi connectivity index (χ2n) is 3.55. The molecule has 0 saturated heterocycles. The maximum atomic E-state index is 11.8. The van der Waals surface area contributed by atoms with Crippen LogP contribution in [0.25, 0.3) is 0 Å². The highest BCUT2D eigenvalue weighted by Crippen LogP contribution is 2.30. The molecule has 1 aromatic rings. The van der Waals surface area contributed by atoms with Crippen molar-refractivity contribution >= 4 is 29.3 Å². The maximum Gasteiger partial charge on any atom is 0.247 e. The lowest BCUT2D eigenvalue weighted by Gasteiger charge is -2.12. The van der Waals surface area contributed by atoms with Gasteiger partial charge in [0.25, 0.3) is 0 Å². The van der Waals surface area contributed by atoms with E-state index in [1.165, 1.54) is 6.92 Å². The molecule has 5 heteroatoms. The molecule has 1 unspecified atom stereocenters. The number of carbonyl (C=O) groups is 2. The van der Waals surface area contributed by atoms with Crippen LogP contribution >= 0.6 is 11.8 Å². The van der Waals surface area contributed by atoms with Crippen LogP contribution < -0.4 is 10.6 Å². The number of rotatable bonds is 1. The summed E-state index contributed by atoms with van der Waals surface area (Å²) in [5, 5.41) is 5.44. The number of thioether (sulfide) groups is 1. The monoisotopic (exact) mass is 236 g/mol. The van der Waals surface area contributed by atoms with Gasteiger partial charge in [0.05, 0.1) is 5.69 Å². The van der Waals surface area contributed by atoms with Crippen LogP contribution in [0.5, 0.6) is 0 Å². The summed E-state index contributed by atoms with van der Waals surface area (Å²) in [6.45, 7) is 1.41. The van der Waals surface area contributed by atoms with E-state index in [0.29, 0.717) is 5.75 Å². The smallest absolute Gasteiger partial charge is 0.247 e. The van der Waals surface area contributed by atoms with Crippen molar-refractivity contribution in [2.24, 2.45) is 0 Å². The van der Waals surface area contributed by atoms with E-state index in [2.05, 4.69) is 10.6 Å². The van der Waals surface area contributed by atoms with Crippen LogP contribution in [0.15, 0.2) is 29.2 Å². The Labute approximate surface area is 97.8 Å². The summed E-state index contributed by atoms with van der Waals surface area (Å²) in [6.07, 6.45) is 0. The van der Waals surface area contributed by atoms with Crippen molar-refractivity contribution in [2.45, 2.75) is 17.9 Å². The molecular formula is C11H12N2O2S. The maximum absolute atomic E-state index is 11.8. The van der Waals surface area contributed by atoms with Crippen LogP contribution in [0.1, 0.15) is 6.92 Å². The fourth-order valence-electron chi connectivity index (χ4n) is 1.52. The zero-order valence-electron chi connectivity index (χ0n) is 8.82. The van der Waals surface area contributed by atoms with Gasteiger partial charge in [-0.2, -0.15) is 0 Å². The predicted molar refractivity (Wildman–Crippen MR) is 63.4 cm³/mol. The van der Waals surface area contributed by atoms with Gasteiger partial charge in [0.15, 0.2) is 0 Å². The third-order valence-corrected chi connectivity index (χ3v) is 3.41. The van der Waals surface area contributed by atoms with Gasteiger partial charge in [0.2, 0.25) is 11.8 Å². The first kappa shape index (κ1) is 11.0. The van der Waals surface area contributed by atoms with Gasteiger partial charge in [-0.05, 0) is 12.1 Å². The molecule has 84 valence electrons. The van der Waals surface area contributed by atoms with Crippen molar-refractivity contribution < 1.29 is 9.59 Å². The molecule has 1 aromatic carbocycles. The fraction of sp³-hybridized carbons (Fsp3) is 0.273. The lowest BCUT2D eigenvalue weighted by atomic mass is 10.2. The Kier molecular flexibility index (Phi) is 3.14. The molecule has 0 aliphatic carbocycles. The second-order valence-corrected chi connectivity index (χ2v) is 4.61. The molecular weight excluding hydrogens is 224 g/mol. The Morgan fingerprint density at radius 1 is 1.50 bits per heavy atom. The van der Waals surface area contributed by atoms with Gasteiger partial charge in [0.1, 0.15) is 6.04 Å². The lowest BCUT2D eigenvalue weighted by molar-refractivity contribution is -0.124. The SMILES string of the molecule is CC(=O)NC1CSc2ccccc2NC1=O. The minimum Gasteiger partial charge on any atom is -0.344 e. The molecule has 0 spiro atoms. The summed E-state index contributed by atoms with van der Waals surface area (Å²) < 4.78 is 0. The average molecular weight is 236 g/mol. The number of benzene rings is 1. The Bertz CT molecular complexity index is 434. The second kappa shape index (κ2) is 4.57. The Morgan fingerprint density at radius 2 is 2.25 bits per heavy atom. The highest BCUT2D eigenvalue weighted by molar-refractivity contribution is 7.99. The molecule has 0 fully saturated rings. The molecule has 1 aliphatic heterocycles. The quantitative estimate of drug-likeness (QED) is 0.771. The van der Waals surface area contributed by atoms with E-state index in [9.17, 15) is 9.59 Å². The van der Waals surface area contributed by atoms with Gasteiger partial charge >= 0.3 is 0 Å². The number of carbonyl (C=O) groups excluding carboxylic acids is 2. The molecule has 2 rings (SSSR count). The zero-order valence-corrected chi connectivity index (χ0v) is 9.64. The first-order valence-corrected chi connectivity index (χ1v) is 5.95. The van der Waals surface area contributed by atoms with Crippen molar-refractivity contribution in [2.75, 3.05) is 11.1 Å². The summed E-state index contributed by atoms with van der Waals surface area (Å²) in [5.74, 6) is 0.210. The van der Waals surface area contributed by atoms with E-state index < -0.39 is 6.04 Å². The first-order valence-electron chi connectivity index (χ1n) is 4.96. The highest BCUT2D eigenvalue weighted by Gasteiger charge is 2.24. The third kappa shape index (κ3) is 2.36. The van der Waals surface area contributed by atoms with Gasteiger partial charge < -0.3 is 10.6 Å². The van der Waals surface area contributed by atoms with Crippen molar-refractivity contribution in [1.29, 1.82) is 0 Å². The number of nitrogens with one attached hydrogen (secondary N) is 2. The summed E-state index contributed by atoms with van der Waals surface area (Å²) in [7, 11) is 0. The van der Waals surface area contributed by atoms with Crippen molar-refractivity contribution in [3.63, 3.8) is 0 Å². The summed E-state index contributed by atoms with van der Waals surface area (Å²) in [5.41, 5.74) is 0.811. The molecule has 0 aromatic heterocycles. The van der Waals surface area contributed by atoms with E-state index in [1.807, 2.05) is 24.3 Å². The van der Waals surface area contributed by atoms with E-state index in [0.717, 1.165) is 10.6 Å². The van der Waals surface area contributed by atoms with E-state index in [4.69, 9.17) is 0 Å². The van der Waals surface area contributed by atoms with E-state index >= 15 is 0 Å². The van der Waals surface area contributed by atoms with E-state index in [1.54, 1.807) is 11.8 Å². The highest BCUT2D eigenvalue weighted by atomic mass is 32.2. The van der Waals surface area contributed by atoms with Crippen LogP contribution in [0.3, 0.4) is 0 Å². The molecule has 0 saturated carbocycles. The number of amides is 2. The third-order valence-electron chi connectivity index (χ3n) is 2.24. The first-order chi connectivity index (χ1) is 7.66. The molecule has 2 amide bonds. The number of anilines is 1. The van der Waals surface area contributed by atoms with Crippen LogP contribution in [-0.4, -0.2) is 23.6 Å². The lowest BCUT2D eigenvalue weighted by Crippen LogP contribution is -2.43. The predicted octanol–water partition coefficient (Wildman–Crippen LogP) is 1.24. The molecule has 1 atom stereocenters. The molecule has 16 heavy (non-hydrogen) atoms. The Balaban J connectivity index is 2.18. The minimum absolute atomic E-state index is 0.160. The van der Waals surface area contributed by atoms with Gasteiger partial charge in [-0.1, -0.05) is 12.1 Å². The minimum atomic E-state index is -0.463. The zero-order chi connectivity index (χ0) is 11.5. The van der Waals surface area contributed by atoms with Gasteiger partial charge in [-0.15, -0.1) is 11.8 Å². The number of hydrogen-bond donors (Lipinski definition) is 2. The van der Waals surface area contributed by atoms with Crippen LogP contribution in [-0.2, 0) is 9.59 Å².